The fraction of sp³-hybridized carbons (Fsp3) is 0.105. The molecule has 0 bridgehead atoms. The molecule has 0 amide bonds. The molecule has 0 aliphatic carbocycles. The largest absolute Gasteiger partial charge is 0.318 e. The zero-order valence-corrected chi connectivity index (χ0v) is 14.7. The molecule has 0 saturated heterocycles. The Kier molecular flexibility index (Phi) is 3.54. The van der Waals surface area contributed by atoms with Gasteiger partial charge in [0.2, 0.25) is 5.95 Å². The standard InChI is InChI=1S/C19H14FN7O/c1-10-5-7-11(8-6-10)15-14-16(18(28)23-22-15)21-19-24-25-26-27(19)17(14)12-3-2-4-13(20)9-12/h2-9,17H,1H3,(H,23,28)(H,21,24,26)/t17-/m1/s1. The van der Waals surface area contributed by atoms with E-state index < -0.39 is 11.6 Å². The third-order valence-electron chi connectivity index (χ3n) is 4.76. The van der Waals surface area contributed by atoms with Crippen molar-refractivity contribution < 1.29 is 4.39 Å². The lowest BCUT2D eigenvalue weighted by atomic mass is 9.92. The van der Waals surface area contributed by atoms with E-state index >= 15 is 0 Å². The smallest absolute Gasteiger partial charge is 0.288 e. The second-order valence-electron chi connectivity index (χ2n) is 6.59. The van der Waals surface area contributed by atoms with E-state index in [4.69, 9.17) is 0 Å². The first-order valence-electron chi connectivity index (χ1n) is 8.62. The van der Waals surface area contributed by atoms with Gasteiger partial charge in [-0.1, -0.05) is 47.1 Å². The Hall–Kier alpha value is -3.88. The molecule has 0 unspecified atom stereocenters. The van der Waals surface area contributed by atoms with Crippen LogP contribution in [0.15, 0.2) is 53.3 Å². The number of aromatic nitrogens is 6. The van der Waals surface area contributed by atoms with Crippen molar-refractivity contribution in [2.75, 3.05) is 5.32 Å². The predicted molar refractivity (Wildman–Crippen MR) is 99.8 cm³/mol. The third kappa shape index (κ3) is 2.48. The second kappa shape index (κ2) is 6.08. The number of halogens is 1. The van der Waals surface area contributed by atoms with Crippen molar-refractivity contribution in [3.05, 3.63) is 81.4 Å². The molecule has 28 heavy (non-hydrogen) atoms. The Bertz CT molecular complexity index is 1250. The molecule has 2 N–H and O–H groups in total. The highest BCUT2D eigenvalue weighted by atomic mass is 19.1. The number of H-pyrrole nitrogens is 1. The van der Waals surface area contributed by atoms with Gasteiger partial charge in [-0.25, -0.2) is 9.49 Å². The summed E-state index contributed by atoms with van der Waals surface area (Å²) in [4.78, 5) is 12.5. The number of tetrazole rings is 1. The van der Waals surface area contributed by atoms with Gasteiger partial charge in [-0.2, -0.15) is 9.78 Å². The Balaban J connectivity index is 1.82. The van der Waals surface area contributed by atoms with Crippen LogP contribution in [0.4, 0.5) is 16.0 Å². The molecule has 2 aromatic heterocycles. The van der Waals surface area contributed by atoms with Gasteiger partial charge in [0.05, 0.1) is 5.69 Å². The van der Waals surface area contributed by atoms with Gasteiger partial charge in [-0.15, -0.1) is 0 Å². The summed E-state index contributed by atoms with van der Waals surface area (Å²) in [6.07, 6.45) is 0. The summed E-state index contributed by atoms with van der Waals surface area (Å²) < 4.78 is 15.5. The Morgan fingerprint density at radius 2 is 1.96 bits per heavy atom. The van der Waals surface area contributed by atoms with Gasteiger partial charge in [-0.3, -0.25) is 4.79 Å². The quantitative estimate of drug-likeness (QED) is 0.492. The van der Waals surface area contributed by atoms with Crippen molar-refractivity contribution >= 4 is 11.6 Å². The summed E-state index contributed by atoms with van der Waals surface area (Å²) in [5, 5.41) is 21.5. The van der Waals surface area contributed by atoms with Crippen LogP contribution in [0.5, 0.6) is 0 Å². The van der Waals surface area contributed by atoms with E-state index in [2.05, 4.69) is 31.0 Å². The fourth-order valence-corrected chi connectivity index (χ4v) is 3.45. The van der Waals surface area contributed by atoms with Crippen molar-refractivity contribution in [3.63, 3.8) is 0 Å². The monoisotopic (exact) mass is 375 g/mol. The Morgan fingerprint density at radius 3 is 2.75 bits per heavy atom. The van der Waals surface area contributed by atoms with E-state index in [-0.39, 0.29) is 5.82 Å². The van der Waals surface area contributed by atoms with Crippen LogP contribution in [0, 0.1) is 12.7 Å². The highest BCUT2D eigenvalue weighted by molar-refractivity contribution is 5.75. The molecule has 4 aromatic rings. The van der Waals surface area contributed by atoms with E-state index in [1.165, 1.54) is 16.8 Å². The number of aromatic amines is 1. The summed E-state index contributed by atoms with van der Waals surface area (Å²) in [7, 11) is 0. The van der Waals surface area contributed by atoms with E-state index in [9.17, 15) is 9.18 Å². The molecule has 138 valence electrons. The number of nitrogens with zero attached hydrogens (tertiary/aromatic N) is 5. The Morgan fingerprint density at radius 1 is 1.14 bits per heavy atom. The van der Waals surface area contributed by atoms with Crippen LogP contribution in [-0.4, -0.2) is 30.4 Å². The summed E-state index contributed by atoms with van der Waals surface area (Å²) in [6.45, 7) is 1.99. The van der Waals surface area contributed by atoms with Gasteiger partial charge >= 0.3 is 0 Å². The van der Waals surface area contributed by atoms with Gasteiger partial charge in [0.1, 0.15) is 17.5 Å². The summed E-state index contributed by atoms with van der Waals surface area (Å²) in [5.41, 5.74) is 3.57. The molecular weight excluding hydrogens is 361 g/mol. The van der Waals surface area contributed by atoms with E-state index in [0.29, 0.717) is 28.5 Å². The normalized spacial score (nSPS) is 14.9. The minimum Gasteiger partial charge on any atom is -0.318 e. The number of hydrogen-bond acceptors (Lipinski definition) is 6. The molecule has 0 saturated carbocycles. The molecule has 1 aliphatic rings. The maximum Gasteiger partial charge on any atom is 0.288 e. The second-order valence-corrected chi connectivity index (χ2v) is 6.59. The maximum absolute atomic E-state index is 14.0. The first kappa shape index (κ1) is 16.3. The molecule has 1 aliphatic heterocycles. The molecule has 0 radical (unpaired) electrons. The van der Waals surface area contributed by atoms with Gasteiger partial charge < -0.3 is 5.32 Å². The summed E-state index contributed by atoms with van der Waals surface area (Å²) >= 11 is 0. The number of nitrogens with one attached hydrogen (secondary N) is 2. The van der Waals surface area contributed by atoms with E-state index in [1.807, 2.05) is 31.2 Å². The lowest BCUT2D eigenvalue weighted by Crippen LogP contribution is -2.29. The zero-order chi connectivity index (χ0) is 19.3. The highest BCUT2D eigenvalue weighted by Gasteiger charge is 2.34. The van der Waals surface area contributed by atoms with Gasteiger partial charge in [0.25, 0.3) is 5.56 Å². The van der Waals surface area contributed by atoms with Gasteiger partial charge in [0.15, 0.2) is 0 Å². The molecule has 0 spiro atoms. The van der Waals surface area contributed by atoms with Crippen molar-refractivity contribution in [2.45, 2.75) is 13.0 Å². The molecule has 3 heterocycles. The summed E-state index contributed by atoms with van der Waals surface area (Å²) in [5.74, 6) is -0.0878. The summed E-state index contributed by atoms with van der Waals surface area (Å²) in [6, 6.07) is 13.3. The maximum atomic E-state index is 14.0. The number of rotatable bonds is 2. The molecule has 0 fully saturated rings. The Labute approximate surface area is 158 Å². The molecule has 1 atom stereocenters. The lowest BCUT2D eigenvalue weighted by molar-refractivity contribution is 0.560. The zero-order valence-electron chi connectivity index (χ0n) is 14.7. The minimum absolute atomic E-state index is 0.294. The third-order valence-corrected chi connectivity index (χ3v) is 4.76. The van der Waals surface area contributed by atoms with Crippen LogP contribution in [0.1, 0.15) is 22.7 Å². The van der Waals surface area contributed by atoms with Gasteiger partial charge in [0, 0.05) is 11.1 Å². The van der Waals surface area contributed by atoms with Crippen LogP contribution in [0.2, 0.25) is 0 Å². The number of benzene rings is 2. The fourth-order valence-electron chi connectivity index (χ4n) is 3.45. The molecule has 5 rings (SSSR count). The molecular formula is C19H14FN7O. The lowest BCUT2D eigenvalue weighted by Gasteiger charge is -2.27. The van der Waals surface area contributed by atoms with Crippen LogP contribution in [-0.2, 0) is 0 Å². The van der Waals surface area contributed by atoms with Crippen molar-refractivity contribution in [3.8, 4) is 11.3 Å². The SMILES string of the molecule is Cc1ccc(-c2n[nH]c(=O)c3c2[C@@H](c2cccc(F)c2)n2nnnc2N3)cc1. The molecule has 2 aromatic carbocycles. The number of anilines is 2. The first-order valence-corrected chi connectivity index (χ1v) is 8.62. The van der Waals surface area contributed by atoms with Crippen molar-refractivity contribution in [1.29, 1.82) is 0 Å². The molecule has 8 nitrogen and oxygen atoms in total. The first-order chi connectivity index (χ1) is 13.6. The average Bonchev–Trinajstić information content (AvgIpc) is 3.16. The van der Waals surface area contributed by atoms with E-state index in [0.717, 1.165) is 11.1 Å². The number of hydrogen-bond donors (Lipinski definition) is 2. The van der Waals surface area contributed by atoms with Crippen molar-refractivity contribution in [1.82, 2.24) is 30.4 Å². The van der Waals surface area contributed by atoms with Crippen LogP contribution < -0.4 is 10.9 Å². The van der Waals surface area contributed by atoms with Crippen LogP contribution in [0.3, 0.4) is 0 Å². The van der Waals surface area contributed by atoms with Crippen LogP contribution >= 0.6 is 0 Å². The van der Waals surface area contributed by atoms with Crippen LogP contribution in [0.25, 0.3) is 11.3 Å². The van der Waals surface area contributed by atoms with E-state index in [1.54, 1.807) is 12.1 Å². The number of aryl methyl sites for hydroxylation is 1. The van der Waals surface area contributed by atoms with Crippen molar-refractivity contribution in [2.24, 2.45) is 0 Å². The topological polar surface area (TPSA) is 101 Å². The average molecular weight is 375 g/mol. The molecule has 9 heteroatoms. The van der Waals surface area contributed by atoms with Gasteiger partial charge in [-0.05, 0) is 35.0 Å². The highest BCUT2D eigenvalue weighted by Crippen LogP contribution is 2.41. The predicted octanol–water partition coefficient (Wildman–Crippen LogP) is 2.57. The minimum atomic E-state index is -0.608. The number of fused-ring (bicyclic) bond motifs is 2.